The van der Waals surface area contributed by atoms with Crippen LogP contribution in [-0.4, -0.2) is 66.6 Å². The van der Waals surface area contributed by atoms with Crippen molar-refractivity contribution in [2.45, 2.75) is 57.5 Å². The van der Waals surface area contributed by atoms with Crippen molar-refractivity contribution >= 4 is 17.5 Å². The van der Waals surface area contributed by atoms with Crippen molar-refractivity contribution in [1.29, 1.82) is 0 Å². The summed E-state index contributed by atoms with van der Waals surface area (Å²) >= 11 is 0. The Kier molecular flexibility index (Phi) is 5.30. The first-order chi connectivity index (χ1) is 17.9. The van der Waals surface area contributed by atoms with Crippen molar-refractivity contribution < 1.29 is 43.5 Å². The Balaban J connectivity index is 1.49. The molecular formula is C29H34O9. The molecule has 0 aromatic heterocycles. The van der Waals surface area contributed by atoms with Crippen LogP contribution >= 0.6 is 0 Å². The zero-order chi connectivity index (χ0) is 27.4. The highest BCUT2D eigenvalue weighted by atomic mass is 16.6. The number of ketones is 2. The molecule has 38 heavy (non-hydrogen) atoms. The van der Waals surface area contributed by atoms with Crippen molar-refractivity contribution in [1.82, 2.24) is 0 Å². The molecule has 2 aliphatic heterocycles. The lowest BCUT2D eigenvalue weighted by Gasteiger charge is -2.72. The number of benzene rings is 1. The van der Waals surface area contributed by atoms with Gasteiger partial charge in [-0.2, -0.15) is 0 Å². The minimum Gasteiger partial charge on any atom is -0.493 e. The summed E-state index contributed by atoms with van der Waals surface area (Å²) in [6, 6.07) is 4.58. The summed E-state index contributed by atoms with van der Waals surface area (Å²) in [5.74, 6) is -4.70. The van der Waals surface area contributed by atoms with Gasteiger partial charge in [0.15, 0.2) is 17.3 Å². The molecule has 2 N–H and O–H groups in total. The van der Waals surface area contributed by atoms with E-state index >= 15 is 0 Å². The molecule has 4 aliphatic carbocycles. The number of Topliss-reactive ketones (excluding diaryl/α,β-unsaturated/α-hetero) is 2. The molecule has 2 spiro atoms. The maximum Gasteiger partial charge on any atom is 0.338 e. The Bertz CT molecular complexity index is 1270. The largest absolute Gasteiger partial charge is 0.493 e. The predicted octanol–water partition coefficient (Wildman–Crippen LogP) is 2.47. The number of aliphatic hydroxyl groups excluding tert-OH is 1. The minimum atomic E-state index is -2.34. The Morgan fingerprint density at radius 2 is 1.84 bits per heavy atom. The fraction of sp³-hybridized carbons (Fsp3) is 0.621. The van der Waals surface area contributed by atoms with Gasteiger partial charge in [-0.3, -0.25) is 9.59 Å². The number of aliphatic hydroxyl groups is 2. The average Bonchev–Trinajstić information content (AvgIpc) is 3.01. The first-order valence-corrected chi connectivity index (χ1v) is 13.2. The van der Waals surface area contributed by atoms with E-state index in [0.717, 1.165) is 0 Å². The van der Waals surface area contributed by atoms with E-state index in [9.17, 15) is 24.6 Å². The van der Waals surface area contributed by atoms with Gasteiger partial charge in [0, 0.05) is 18.3 Å². The third kappa shape index (κ3) is 2.70. The smallest absolute Gasteiger partial charge is 0.338 e. The molecule has 0 amide bonds. The molecule has 6 aliphatic rings. The summed E-state index contributed by atoms with van der Waals surface area (Å²) in [5.41, 5.74) is -3.10. The number of hydrogen-bond donors (Lipinski definition) is 2. The first kappa shape index (κ1) is 25.5. The molecule has 2 heterocycles. The van der Waals surface area contributed by atoms with Crippen molar-refractivity contribution in [3.8, 4) is 11.5 Å². The van der Waals surface area contributed by atoms with Crippen LogP contribution in [0.3, 0.4) is 0 Å². The van der Waals surface area contributed by atoms with Crippen molar-refractivity contribution in [3.63, 3.8) is 0 Å². The lowest BCUT2D eigenvalue weighted by Crippen LogP contribution is -2.85. The van der Waals surface area contributed by atoms with Crippen LogP contribution in [0.5, 0.6) is 11.5 Å². The maximum atomic E-state index is 14.1. The number of carbonyl (C=O) groups is 3. The number of rotatable bonds is 4. The molecule has 204 valence electrons. The zero-order valence-electron chi connectivity index (χ0n) is 22.1. The number of methoxy groups -OCH3 is 2. The molecule has 7 rings (SSSR count). The lowest BCUT2D eigenvalue weighted by molar-refractivity contribution is -0.436. The van der Waals surface area contributed by atoms with Gasteiger partial charge >= 0.3 is 5.97 Å². The van der Waals surface area contributed by atoms with Gasteiger partial charge in [-0.1, -0.05) is 20.4 Å². The second-order valence-electron chi connectivity index (χ2n) is 12.2. The van der Waals surface area contributed by atoms with Crippen molar-refractivity contribution in [2.75, 3.05) is 20.8 Å². The van der Waals surface area contributed by atoms with E-state index in [-0.39, 0.29) is 23.5 Å². The van der Waals surface area contributed by atoms with Crippen LogP contribution in [-0.2, 0) is 19.1 Å². The summed E-state index contributed by atoms with van der Waals surface area (Å²) in [6.45, 7) is 7.91. The van der Waals surface area contributed by atoms with Crippen molar-refractivity contribution in [2.24, 2.45) is 34.0 Å². The molecule has 4 bridgehead atoms. The molecular weight excluding hydrogens is 492 g/mol. The summed E-state index contributed by atoms with van der Waals surface area (Å²) in [6.07, 6.45) is -0.906. The van der Waals surface area contributed by atoms with Crippen LogP contribution in [0.4, 0.5) is 0 Å². The SMILES string of the molecule is C=C1C(=O)[C@]23[C@H](OC(=O)c4ccc(OC)c(OC)c4)[C@H]1CC[C@H]2[C@@]12CO[C@@]3(O)[C@@H](O)[C@@H]1C(C)(C)CCC2=O. The van der Waals surface area contributed by atoms with Crippen LogP contribution in [0.25, 0.3) is 0 Å². The van der Waals surface area contributed by atoms with Gasteiger partial charge in [-0.15, -0.1) is 0 Å². The molecule has 2 saturated heterocycles. The van der Waals surface area contributed by atoms with Gasteiger partial charge in [0.2, 0.25) is 5.79 Å². The number of esters is 1. The maximum absolute atomic E-state index is 14.1. The third-order valence-electron chi connectivity index (χ3n) is 10.5. The number of hydrogen-bond acceptors (Lipinski definition) is 9. The summed E-state index contributed by atoms with van der Waals surface area (Å²) in [4.78, 5) is 41.5. The van der Waals surface area contributed by atoms with E-state index in [0.29, 0.717) is 37.2 Å². The average molecular weight is 527 g/mol. The van der Waals surface area contributed by atoms with E-state index in [2.05, 4.69) is 6.58 Å². The third-order valence-corrected chi connectivity index (χ3v) is 10.5. The van der Waals surface area contributed by atoms with Gasteiger partial charge < -0.3 is 29.2 Å². The Hall–Kier alpha value is -2.75. The quantitative estimate of drug-likeness (QED) is 0.449. The lowest BCUT2D eigenvalue weighted by atomic mass is 9.36. The summed E-state index contributed by atoms with van der Waals surface area (Å²) in [7, 11) is 2.93. The number of ether oxygens (including phenoxy) is 4. The second-order valence-corrected chi connectivity index (χ2v) is 12.2. The highest BCUT2D eigenvalue weighted by molar-refractivity contribution is 6.06. The molecule has 1 aromatic carbocycles. The molecule has 0 unspecified atom stereocenters. The van der Waals surface area contributed by atoms with E-state index in [1.807, 2.05) is 13.8 Å². The first-order valence-electron chi connectivity index (χ1n) is 13.2. The highest BCUT2D eigenvalue weighted by Crippen LogP contribution is 2.76. The molecule has 0 radical (unpaired) electrons. The van der Waals surface area contributed by atoms with Crippen LogP contribution in [0.15, 0.2) is 30.4 Å². The molecule has 4 saturated carbocycles. The van der Waals surface area contributed by atoms with Gasteiger partial charge in [0.1, 0.15) is 23.4 Å². The molecule has 6 fully saturated rings. The van der Waals surface area contributed by atoms with Crippen LogP contribution in [0.2, 0.25) is 0 Å². The Morgan fingerprint density at radius 3 is 2.53 bits per heavy atom. The van der Waals surface area contributed by atoms with Crippen LogP contribution in [0.1, 0.15) is 49.9 Å². The zero-order valence-corrected chi connectivity index (χ0v) is 22.1. The molecule has 9 heteroatoms. The molecule has 8 atom stereocenters. The topological polar surface area (TPSA) is 129 Å². The Labute approximate surface area is 221 Å². The normalized spacial score (nSPS) is 42.4. The fourth-order valence-corrected chi connectivity index (χ4v) is 8.91. The van der Waals surface area contributed by atoms with E-state index in [1.54, 1.807) is 6.07 Å². The minimum absolute atomic E-state index is 0.0688. The highest BCUT2D eigenvalue weighted by Gasteiger charge is 2.88. The summed E-state index contributed by atoms with van der Waals surface area (Å²) in [5, 5.41) is 24.0. The predicted molar refractivity (Wildman–Crippen MR) is 132 cm³/mol. The van der Waals surface area contributed by atoms with E-state index in [1.165, 1.54) is 26.4 Å². The van der Waals surface area contributed by atoms with Crippen LogP contribution in [0, 0.1) is 34.0 Å². The van der Waals surface area contributed by atoms with Gasteiger partial charge in [-0.05, 0) is 54.4 Å². The van der Waals surface area contributed by atoms with Crippen molar-refractivity contribution in [3.05, 3.63) is 35.9 Å². The van der Waals surface area contributed by atoms with Gasteiger partial charge in [0.25, 0.3) is 0 Å². The fourth-order valence-electron chi connectivity index (χ4n) is 8.91. The summed E-state index contributed by atoms with van der Waals surface area (Å²) < 4.78 is 22.7. The van der Waals surface area contributed by atoms with Gasteiger partial charge in [0.05, 0.1) is 31.8 Å². The molecule has 9 nitrogen and oxygen atoms in total. The van der Waals surface area contributed by atoms with Crippen LogP contribution < -0.4 is 9.47 Å². The van der Waals surface area contributed by atoms with Gasteiger partial charge in [-0.25, -0.2) is 4.79 Å². The Morgan fingerprint density at radius 1 is 1.13 bits per heavy atom. The number of fused-ring (bicyclic) bond motifs is 2. The van der Waals surface area contributed by atoms with E-state index in [4.69, 9.17) is 18.9 Å². The number of carbonyl (C=O) groups excluding carboxylic acids is 3. The second kappa shape index (κ2) is 7.90. The molecule has 1 aromatic rings. The standard InChI is InChI=1S/C29H34O9/c1-14-16-7-9-19-27-13-37-29(34,23(32)21(27)26(2,3)11-10-20(27)30)28(19,22(14)31)24(16)38-25(33)15-6-8-17(35-4)18(12-15)36-5/h6,8,12,16,19,21,23-24,32,34H,1,7,9-11,13H2,2-5H3/t16-,19-,21+,23-,24+,27+,28-,29-/m0/s1. The monoisotopic (exact) mass is 526 g/mol. The van der Waals surface area contributed by atoms with E-state index < -0.39 is 63.7 Å².